The molecule has 2 unspecified atom stereocenters. The molecule has 1 aliphatic rings. The Hall–Kier alpha value is -0.710. The van der Waals surface area contributed by atoms with Crippen molar-refractivity contribution < 1.29 is 4.21 Å². The van der Waals surface area contributed by atoms with Crippen molar-refractivity contribution in [3.05, 3.63) is 35.9 Å². The molecular weight excluding hydrogens is 256 g/mol. The molecule has 1 aromatic rings. The second kappa shape index (κ2) is 6.64. The van der Waals surface area contributed by atoms with Crippen molar-refractivity contribution >= 4 is 10.8 Å². The summed E-state index contributed by atoms with van der Waals surface area (Å²) < 4.78 is 11.3. The lowest BCUT2D eigenvalue weighted by Crippen LogP contribution is -2.47. The Labute approximate surface area is 118 Å². The number of rotatable bonds is 4. The molecule has 4 heteroatoms. The van der Waals surface area contributed by atoms with Crippen LogP contribution in [0.25, 0.3) is 0 Å². The van der Waals surface area contributed by atoms with Gasteiger partial charge in [0, 0.05) is 35.9 Å². The Morgan fingerprint density at radius 3 is 2.79 bits per heavy atom. The van der Waals surface area contributed by atoms with Crippen molar-refractivity contribution in [3.63, 3.8) is 0 Å². The van der Waals surface area contributed by atoms with Crippen LogP contribution in [0.5, 0.6) is 0 Å². The van der Waals surface area contributed by atoms with Crippen LogP contribution >= 0.6 is 0 Å². The van der Waals surface area contributed by atoms with Crippen molar-refractivity contribution in [3.8, 4) is 0 Å². The largest absolute Gasteiger partial charge is 0.307 e. The molecule has 0 spiro atoms. The van der Waals surface area contributed by atoms with Crippen molar-refractivity contribution in [2.75, 3.05) is 38.2 Å². The zero-order valence-electron chi connectivity index (χ0n) is 11.9. The Bertz CT molecular complexity index is 423. The van der Waals surface area contributed by atoms with E-state index in [1.165, 1.54) is 5.56 Å². The Morgan fingerprint density at radius 2 is 2.11 bits per heavy atom. The topological polar surface area (TPSA) is 32.3 Å². The lowest BCUT2D eigenvalue weighted by molar-refractivity contribution is 0.231. The summed E-state index contributed by atoms with van der Waals surface area (Å²) >= 11 is 0. The van der Waals surface area contributed by atoms with E-state index in [-0.39, 0.29) is 5.54 Å². The third-order valence-electron chi connectivity index (χ3n) is 3.81. The number of nitrogens with one attached hydrogen (secondary N) is 1. The Morgan fingerprint density at radius 1 is 1.37 bits per heavy atom. The molecule has 2 atom stereocenters. The van der Waals surface area contributed by atoms with Crippen molar-refractivity contribution in [2.45, 2.75) is 18.9 Å². The predicted octanol–water partition coefficient (Wildman–Crippen LogP) is 1.58. The highest BCUT2D eigenvalue weighted by atomic mass is 32.2. The molecule has 106 valence electrons. The molecule has 0 saturated carbocycles. The van der Waals surface area contributed by atoms with Crippen LogP contribution < -0.4 is 5.32 Å². The van der Waals surface area contributed by atoms with E-state index >= 15 is 0 Å². The van der Waals surface area contributed by atoms with Gasteiger partial charge in [0.25, 0.3) is 0 Å². The molecule has 1 aromatic carbocycles. The summed E-state index contributed by atoms with van der Waals surface area (Å²) in [5.41, 5.74) is 1.33. The van der Waals surface area contributed by atoms with E-state index in [1.807, 2.05) is 0 Å². The summed E-state index contributed by atoms with van der Waals surface area (Å²) in [6, 6.07) is 10.6. The quantitative estimate of drug-likeness (QED) is 0.909. The smallest absolute Gasteiger partial charge is 0.0534 e. The van der Waals surface area contributed by atoms with Crippen molar-refractivity contribution in [1.29, 1.82) is 0 Å². The van der Waals surface area contributed by atoms with Gasteiger partial charge >= 0.3 is 0 Å². The minimum atomic E-state index is -0.704. The average molecular weight is 280 g/mol. The number of benzene rings is 1. The maximum absolute atomic E-state index is 11.3. The van der Waals surface area contributed by atoms with Crippen LogP contribution in [-0.2, 0) is 16.3 Å². The van der Waals surface area contributed by atoms with E-state index in [9.17, 15) is 4.21 Å². The average Bonchev–Trinajstić information content (AvgIpc) is 2.60. The lowest BCUT2D eigenvalue weighted by atomic mass is 9.91. The lowest BCUT2D eigenvalue weighted by Gasteiger charge is -2.34. The number of hydrogen-bond acceptors (Lipinski definition) is 3. The normalized spacial score (nSPS) is 26.8. The minimum absolute atomic E-state index is 0.00695. The molecule has 1 heterocycles. The first-order valence-corrected chi connectivity index (χ1v) is 8.66. The number of nitrogens with zero attached hydrogens (tertiary/aromatic N) is 1. The van der Waals surface area contributed by atoms with Crippen LogP contribution in [0.4, 0.5) is 0 Å². The molecular formula is C15H24N2OS. The van der Waals surface area contributed by atoms with Crippen molar-refractivity contribution in [1.82, 2.24) is 10.2 Å². The summed E-state index contributed by atoms with van der Waals surface area (Å²) in [6.07, 6.45) is 2.94. The van der Waals surface area contributed by atoms with E-state index < -0.39 is 10.8 Å². The fourth-order valence-electron chi connectivity index (χ4n) is 2.70. The first-order valence-electron chi connectivity index (χ1n) is 6.93. The highest BCUT2D eigenvalue weighted by molar-refractivity contribution is 7.84. The number of hydrogen-bond donors (Lipinski definition) is 1. The monoisotopic (exact) mass is 280 g/mol. The van der Waals surface area contributed by atoms with E-state index in [2.05, 4.69) is 47.5 Å². The molecule has 0 radical (unpaired) electrons. The third-order valence-corrected chi connectivity index (χ3v) is 4.57. The van der Waals surface area contributed by atoms with E-state index in [0.717, 1.165) is 38.4 Å². The highest BCUT2D eigenvalue weighted by Crippen LogP contribution is 2.23. The molecule has 2 rings (SSSR count). The highest BCUT2D eigenvalue weighted by Gasteiger charge is 2.30. The van der Waals surface area contributed by atoms with E-state index in [0.29, 0.717) is 0 Å². The van der Waals surface area contributed by atoms with E-state index in [1.54, 1.807) is 6.26 Å². The molecule has 0 bridgehead atoms. The van der Waals surface area contributed by atoms with Gasteiger partial charge < -0.3 is 10.2 Å². The van der Waals surface area contributed by atoms with Crippen LogP contribution in [-0.4, -0.2) is 47.3 Å². The molecule has 1 saturated heterocycles. The SMILES string of the molecule is CS(=O)CCN1CCCNC(C)(c2ccccc2)C1. The van der Waals surface area contributed by atoms with E-state index in [4.69, 9.17) is 0 Å². The van der Waals surface area contributed by atoms with Crippen LogP contribution in [0, 0.1) is 0 Å². The zero-order chi connectivity index (χ0) is 13.7. The molecule has 1 N–H and O–H groups in total. The zero-order valence-corrected chi connectivity index (χ0v) is 12.7. The molecule has 1 aliphatic heterocycles. The van der Waals surface area contributed by atoms with Crippen LogP contribution in [0.15, 0.2) is 30.3 Å². The molecule has 0 amide bonds. The second-order valence-electron chi connectivity index (χ2n) is 5.53. The third kappa shape index (κ3) is 4.13. The first kappa shape index (κ1) is 14.7. The molecule has 3 nitrogen and oxygen atoms in total. The van der Waals surface area contributed by atoms with Crippen molar-refractivity contribution in [2.24, 2.45) is 0 Å². The van der Waals surface area contributed by atoms with Gasteiger partial charge in [0.05, 0.1) is 5.54 Å². The van der Waals surface area contributed by atoms with Gasteiger partial charge in [0.1, 0.15) is 0 Å². The predicted molar refractivity (Wildman–Crippen MR) is 81.8 cm³/mol. The maximum atomic E-state index is 11.3. The standard InChI is InChI=1S/C15H24N2OS/c1-15(14-7-4-3-5-8-14)13-17(10-6-9-16-15)11-12-19(2)18/h3-5,7-8,16H,6,9-13H2,1-2H3. The fraction of sp³-hybridized carbons (Fsp3) is 0.600. The van der Waals surface area contributed by atoms with Crippen LogP contribution in [0.1, 0.15) is 18.9 Å². The van der Waals surface area contributed by atoms with Gasteiger partial charge in [-0.25, -0.2) is 0 Å². The molecule has 0 aliphatic carbocycles. The van der Waals surface area contributed by atoms with Gasteiger partial charge in [0.15, 0.2) is 0 Å². The van der Waals surface area contributed by atoms with Gasteiger partial charge in [0.2, 0.25) is 0 Å². The van der Waals surface area contributed by atoms with Gasteiger partial charge in [-0.05, 0) is 32.0 Å². The van der Waals surface area contributed by atoms with Gasteiger partial charge in [-0.1, -0.05) is 30.3 Å². The fourth-order valence-corrected chi connectivity index (χ4v) is 3.21. The Balaban J connectivity index is 2.09. The maximum Gasteiger partial charge on any atom is 0.0534 e. The van der Waals surface area contributed by atoms with Gasteiger partial charge in [-0.2, -0.15) is 0 Å². The minimum Gasteiger partial charge on any atom is -0.307 e. The summed E-state index contributed by atoms with van der Waals surface area (Å²) in [5, 5.41) is 3.67. The summed E-state index contributed by atoms with van der Waals surface area (Å²) in [5.74, 6) is 0.769. The van der Waals surface area contributed by atoms with Gasteiger partial charge in [-0.3, -0.25) is 4.21 Å². The summed E-state index contributed by atoms with van der Waals surface area (Å²) in [4.78, 5) is 2.44. The summed E-state index contributed by atoms with van der Waals surface area (Å²) in [6.45, 7) is 6.30. The van der Waals surface area contributed by atoms with Gasteiger partial charge in [-0.15, -0.1) is 0 Å². The molecule has 1 fully saturated rings. The second-order valence-corrected chi connectivity index (χ2v) is 7.09. The van der Waals surface area contributed by atoms with Crippen LogP contribution in [0.3, 0.4) is 0 Å². The first-order chi connectivity index (χ1) is 9.10. The molecule has 19 heavy (non-hydrogen) atoms. The Kier molecular flexibility index (Phi) is 5.13. The molecule has 0 aromatic heterocycles. The van der Waals surface area contributed by atoms with Crippen LogP contribution in [0.2, 0.25) is 0 Å². The summed E-state index contributed by atoms with van der Waals surface area (Å²) in [7, 11) is -0.704.